The molecule has 4 rings (SSSR count). The molecule has 0 radical (unpaired) electrons. The third-order valence-electron chi connectivity index (χ3n) is 4.63. The van der Waals surface area contributed by atoms with E-state index in [0.29, 0.717) is 22.7 Å². The van der Waals surface area contributed by atoms with Crippen molar-refractivity contribution in [3.8, 4) is 11.5 Å². The van der Waals surface area contributed by atoms with E-state index in [1.807, 2.05) is 30.3 Å². The fraction of sp³-hybridized carbons (Fsp3) is 0.0400. The number of thiocarbonyl (C=S) groups is 1. The molecule has 0 bridgehead atoms. The molecule has 1 aliphatic rings. The lowest BCUT2D eigenvalue weighted by atomic mass is 10.1. The minimum absolute atomic E-state index is 0.00656. The van der Waals surface area contributed by atoms with Gasteiger partial charge >= 0.3 is 0 Å². The van der Waals surface area contributed by atoms with Crippen LogP contribution < -0.4 is 15.0 Å². The van der Waals surface area contributed by atoms with Gasteiger partial charge in [-0.3, -0.25) is 24.6 Å². The highest BCUT2D eigenvalue weighted by Gasteiger charge is 2.34. The van der Waals surface area contributed by atoms with Crippen LogP contribution >= 0.6 is 24.0 Å². The van der Waals surface area contributed by atoms with E-state index >= 15 is 0 Å². The third kappa shape index (κ3) is 5.36. The lowest BCUT2D eigenvalue weighted by Gasteiger charge is -2.29. The summed E-state index contributed by atoms with van der Waals surface area (Å²) in [4.78, 5) is 38.9. The molecule has 1 aliphatic heterocycles. The zero-order valence-electron chi connectivity index (χ0n) is 17.5. The molecule has 2 amide bonds. The first kappa shape index (κ1) is 22.4. The molecule has 164 valence electrons. The quantitative estimate of drug-likeness (QED) is 0.244. The molecule has 3 aromatic rings. The van der Waals surface area contributed by atoms with Crippen LogP contribution in [0.2, 0.25) is 0 Å². The van der Waals surface area contributed by atoms with Gasteiger partial charge in [-0.25, -0.2) is 0 Å². The van der Waals surface area contributed by atoms with E-state index in [1.54, 1.807) is 48.5 Å². The first-order valence-corrected chi connectivity index (χ1v) is 11.2. The predicted molar refractivity (Wildman–Crippen MR) is 132 cm³/mol. The molecular formula is C25H18N2O4S2. The number of amides is 2. The summed E-state index contributed by atoms with van der Waals surface area (Å²) in [7, 11) is 0. The molecule has 0 unspecified atom stereocenters. The first-order chi connectivity index (χ1) is 15.9. The summed E-state index contributed by atoms with van der Waals surface area (Å²) in [5.41, 5.74) is 1.12. The molecule has 1 heterocycles. The van der Waals surface area contributed by atoms with Crippen LogP contribution in [-0.2, 0) is 14.4 Å². The van der Waals surface area contributed by atoms with Gasteiger partial charge in [0.2, 0.25) is 0 Å². The van der Waals surface area contributed by atoms with Crippen molar-refractivity contribution in [1.82, 2.24) is 5.32 Å². The minimum Gasteiger partial charge on any atom is -0.457 e. The Kier molecular flexibility index (Phi) is 6.67. The van der Waals surface area contributed by atoms with Gasteiger partial charge in [0.15, 0.2) is 10.2 Å². The van der Waals surface area contributed by atoms with Crippen LogP contribution in [0.25, 0.3) is 6.08 Å². The number of hydrogen-bond donors (Lipinski definition) is 1. The van der Waals surface area contributed by atoms with Gasteiger partial charge in [-0.05, 0) is 72.4 Å². The zero-order chi connectivity index (χ0) is 23.4. The Hall–Kier alpha value is -3.75. The molecule has 1 N–H and O–H groups in total. The lowest BCUT2D eigenvalue weighted by Crippen LogP contribution is -2.54. The second kappa shape index (κ2) is 9.81. The summed E-state index contributed by atoms with van der Waals surface area (Å²) in [5, 5.41) is 2.56. The van der Waals surface area contributed by atoms with E-state index in [0.717, 1.165) is 16.7 Å². The molecule has 0 aliphatic carbocycles. The van der Waals surface area contributed by atoms with Crippen molar-refractivity contribution in [2.75, 3.05) is 4.90 Å². The van der Waals surface area contributed by atoms with Gasteiger partial charge in [-0.2, -0.15) is 0 Å². The van der Waals surface area contributed by atoms with Crippen LogP contribution in [0.1, 0.15) is 12.5 Å². The summed E-state index contributed by atoms with van der Waals surface area (Å²) >= 11 is 6.37. The second-order valence-corrected chi connectivity index (χ2v) is 8.67. The topological polar surface area (TPSA) is 75.7 Å². The van der Waals surface area contributed by atoms with Crippen molar-refractivity contribution < 1.29 is 19.1 Å². The van der Waals surface area contributed by atoms with Crippen LogP contribution in [-0.4, -0.2) is 22.0 Å². The van der Waals surface area contributed by atoms with Gasteiger partial charge in [0, 0.05) is 11.8 Å². The largest absolute Gasteiger partial charge is 0.457 e. The highest BCUT2D eigenvalue weighted by molar-refractivity contribution is 8.13. The fourth-order valence-corrected chi connectivity index (χ4v) is 4.03. The second-order valence-electron chi connectivity index (χ2n) is 7.03. The standard InChI is InChI=1S/C25H18N2O4S2/c1-16(28)33-21-13-7-17(8-14-21)15-22-23(29)26-25(32)27(24(22)30)18-9-11-20(12-10-18)31-19-5-3-2-4-6-19/h2-15H,1H3,(H,26,29,32)/b22-15+. The van der Waals surface area contributed by atoms with Gasteiger partial charge in [0.25, 0.3) is 11.8 Å². The Bertz CT molecular complexity index is 1250. The van der Waals surface area contributed by atoms with Crippen molar-refractivity contribution in [3.05, 3.63) is 90.0 Å². The fourth-order valence-electron chi connectivity index (χ4n) is 3.14. The Morgan fingerprint density at radius 1 is 0.939 bits per heavy atom. The number of carbonyl (C=O) groups is 3. The van der Waals surface area contributed by atoms with Crippen molar-refractivity contribution in [2.45, 2.75) is 11.8 Å². The maximum Gasteiger partial charge on any atom is 0.270 e. The van der Waals surface area contributed by atoms with Gasteiger partial charge < -0.3 is 4.74 Å². The molecule has 0 atom stereocenters. The highest BCUT2D eigenvalue weighted by Crippen LogP contribution is 2.27. The summed E-state index contributed by atoms with van der Waals surface area (Å²) in [6.07, 6.45) is 1.50. The van der Waals surface area contributed by atoms with Crippen LogP contribution in [0.15, 0.2) is 89.3 Å². The normalized spacial score (nSPS) is 14.9. The smallest absolute Gasteiger partial charge is 0.270 e. The minimum atomic E-state index is -0.563. The van der Waals surface area contributed by atoms with Crippen LogP contribution in [0.5, 0.6) is 11.5 Å². The maximum atomic E-state index is 13.2. The van der Waals surface area contributed by atoms with Gasteiger partial charge in [0.05, 0.1) is 5.69 Å². The number of anilines is 1. The Labute approximate surface area is 200 Å². The number of hydrogen-bond acceptors (Lipinski definition) is 6. The lowest BCUT2D eigenvalue weighted by molar-refractivity contribution is -0.122. The van der Waals surface area contributed by atoms with Crippen LogP contribution in [0.3, 0.4) is 0 Å². The van der Waals surface area contributed by atoms with Crippen molar-refractivity contribution in [3.63, 3.8) is 0 Å². The van der Waals surface area contributed by atoms with E-state index in [2.05, 4.69) is 5.32 Å². The average Bonchev–Trinajstić information content (AvgIpc) is 2.79. The van der Waals surface area contributed by atoms with E-state index < -0.39 is 11.8 Å². The van der Waals surface area contributed by atoms with E-state index in [1.165, 1.54) is 17.9 Å². The molecule has 0 saturated carbocycles. The van der Waals surface area contributed by atoms with E-state index in [4.69, 9.17) is 17.0 Å². The molecular weight excluding hydrogens is 456 g/mol. The molecule has 1 saturated heterocycles. The third-order valence-corrected chi connectivity index (χ3v) is 5.71. The number of nitrogens with one attached hydrogen (secondary N) is 1. The monoisotopic (exact) mass is 474 g/mol. The molecule has 33 heavy (non-hydrogen) atoms. The Balaban J connectivity index is 1.56. The van der Waals surface area contributed by atoms with Crippen LogP contribution in [0, 0.1) is 0 Å². The number of para-hydroxylation sites is 1. The van der Waals surface area contributed by atoms with Crippen LogP contribution in [0.4, 0.5) is 5.69 Å². The number of benzene rings is 3. The Morgan fingerprint density at radius 3 is 2.21 bits per heavy atom. The van der Waals surface area contributed by atoms with E-state index in [9.17, 15) is 14.4 Å². The molecule has 0 aromatic heterocycles. The zero-order valence-corrected chi connectivity index (χ0v) is 19.1. The summed E-state index contributed by atoms with van der Waals surface area (Å²) in [5.74, 6) is 0.207. The maximum absolute atomic E-state index is 13.2. The number of carbonyl (C=O) groups excluding carboxylic acids is 3. The number of ether oxygens (including phenoxy) is 1. The average molecular weight is 475 g/mol. The summed E-state index contributed by atoms with van der Waals surface area (Å²) < 4.78 is 5.78. The number of rotatable bonds is 5. The van der Waals surface area contributed by atoms with Crippen molar-refractivity contribution in [2.24, 2.45) is 0 Å². The van der Waals surface area contributed by atoms with Crippen molar-refractivity contribution >= 4 is 57.8 Å². The summed E-state index contributed by atoms with van der Waals surface area (Å²) in [6.45, 7) is 1.49. The summed E-state index contributed by atoms with van der Waals surface area (Å²) in [6, 6.07) is 23.2. The predicted octanol–water partition coefficient (Wildman–Crippen LogP) is 4.95. The van der Waals surface area contributed by atoms with Gasteiger partial charge in [0.1, 0.15) is 17.1 Å². The molecule has 0 spiro atoms. The molecule has 6 nitrogen and oxygen atoms in total. The van der Waals surface area contributed by atoms with Gasteiger partial charge in [-0.1, -0.05) is 42.1 Å². The SMILES string of the molecule is CC(=O)Sc1ccc(/C=C2\C(=O)NC(=S)N(c3ccc(Oc4ccccc4)cc3)C2=O)cc1. The van der Waals surface area contributed by atoms with Gasteiger partial charge in [-0.15, -0.1) is 0 Å². The molecule has 8 heteroatoms. The Morgan fingerprint density at radius 2 is 1.58 bits per heavy atom. The van der Waals surface area contributed by atoms with E-state index in [-0.39, 0.29) is 15.8 Å². The highest BCUT2D eigenvalue weighted by atomic mass is 32.2. The molecule has 3 aromatic carbocycles. The number of nitrogens with zero attached hydrogens (tertiary/aromatic N) is 1. The molecule has 1 fully saturated rings. The van der Waals surface area contributed by atoms with Crippen molar-refractivity contribution in [1.29, 1.82) is 0 Å². The first-order valence-electron chi connectivity index (χ1n) is 9.93. The number of thioether (sulfide) groups is 1.